The lowest BCUT2D eigenvalue weighted by molar-refractivity contribution is 0.0946. The van der Waals surface area contributed by atoms with Crippen molar-refractivity contribution in [2.75, 3.05) is 24.3 Å². The third-order valence-electron chi connectivity index (χ3n) is 4.09. The summed E-state index contributed by atoms with van der Waals surface area (Å²) >= 11 is 0. The number of nitrogens with zero attached hydrogens (tertiary/aromatic N) is 3. The van der Waals surface area contributed by atoms with E-state index in [1.165, 1.54) is 6.33 Å². The molecule has 2 aromatic carbocycles. The maximum atomic E-state index is 12.4. The molecule has 3 aromatic rings. The van der Waals surface area contributed by atoms with Gasteiger partial charge in [-0.3, -0.25) is 4.79 Å². The van der Waals surface area contributed by atoms with Crippen molar-refractivity contribution in [1.82, 2.24) is 15.3 Å². The minimum atomic E-state index is -0.232. The van der Waals surface area contributed by atoms with Crippen LogP contribution in [0.25, 0.3) is 0 Å². The van der Waals surface area contributed by atoms with Crippen LogP contribution in [0.1, 0.15) is 21.6 Å². The maximum absolute atomic E-state index is 12.4. The van der Waals surface area contributed by atoms with Crippen molar-refractivity contribution < 1.29 is 4.79 Å². The Kier molecular flexibility index (Phi) is 5.66. The molecule has 27 heavy (non-hydrogen) atoms. The van der Waals surface area contributed by atoms with E-state index in [9.17, 15) is 4.79 Å². The minimum Gasteiger partial charge on any atom is -0.378 e. The lowest BCUT2D eigenvalue weighted by Crippen LogP contribution is -2.24. The van der Waals surface area contributed by atoms with E-state index in [0.29, 0.717) is 18.1 Å². The van der Waals surface area contributed by atoms with Gasteiger partial charge in [0.15, 0.2) is 0 Å². The van der Waals surface area contributed by atoms with Gasteiger partial charge in [0, 0.05) is 38.1 Å². The molecule has 0 aliphatic rings. The molecular formula is C21H23N5O. The van der Waals surface area contributed by atoms with Gasteiger partial charge < -0.3 is 15.5 Å². The monoisotopic (exact) mass is 361 g/mol. The molecule has 0 bridgehead atoms. The standard InChI is InChI=1S/C21H23N5O/c1-15-5-4-6-16(11-15)13-22-21(27)19-12-20(24-14-23-19)25-17-7-9-18(10-8-17)26(2)3/h4-12,14H,13H2,1-3H3,(H,22,27)(H,23,24,25). The molecule has 0 atom stereocenters. The highest BCUT2D eigenvalue weighted by molar-refractivity contribution is 5.92. The van der Waals surface area contributed by atoms with Crippen LogP contribution in [0.4, 0.5) is 17.2 Å². The molecule has 0 fully saturated rings. The summed E-state index contributed by atoms with van der Waals surface area (Å²) < 4.78 is 0. The van der Waals surface area contributed by atoms with Crippen molar-refractivity contribution in [2.24, 2.45) is 0 Å². The summed E-state index contributed by atoms with van der Waals surface area (Å²) in [4.78, 5) is 22.7. The van der Waals surface area contributed by atoms with Crippen LogP contribution >= 0.6 is 0 Å². The summed E-state index contributed by atoms with van der Waals surface area (Å²) in [7, 11) is 3.99. The van der Waals surface area contributed by atoms with Crippen LogP contribution in [0.2, 0.25) is 0 Å². The molecule has 3 rings (SSSR count). The number of aromatic nitrogens is 2. The third-order valence-corrected chi connectivity index (χ3v) is 4.09. The zero-order valence-electron chi connectivity index (χ0n) is 15.7. The minimum absolute atomic E-state index is 0.232. The number of amides is 1. The molecule has 0 aliphatic heterocycles. The molecule has 1 aromatic heterocycles. The highest BCUT2D eigenvalue weighted by Gasteiger charge is 2.09. The molecular weight excluding hydrogens is 338 g/mol. The molecule has 0 saturated carbocycles. The molecule has 2 N–H and O–H groups in total. The second-order valence-electron chi connectivity index (χ2n) is 6.53. The van der Waals surface area contributed by atoms with Crippen LogP contribution in [0.5, 0.6) is 0 Å². The molecule has 138 valence electrons. The van der Waals surface area contributed by atoms with Gasteiger partial charge in [-0.2, -0.15) is 0 Å². The van der Waals surface area contributed by atoms with Gasteiger partial charge in [-0.25, -0.2) is 9.97 Å². The number of rotatable bonds is 6. The summed E-state index contributed by atoms with van der Waals surface area (Å²) in [5, 5.41) is 6.09. The first-order valence-corrected chi connectivity index (χ1v) is 8.71. The first-order chi connectivity index (χ1) is 13.0. The molecule has 6 heteroatoms. The number of carbonyl (C=O) groups is 1. The lowest BCUT2D eigenvalue weighted by atomic mass is 10.1. The normalized spacial score (nSPS) is 10.3. The number of aryl methyl sites for hydroxylation is 1. The Bertz CT molecular complexity index is 922. The number of carbonyl (C=O) groups excluding carboxylic acids is 1. The van der Waals surface area contributed by atoms with Crippen LogP contribution in [0, 0.1) is 6.92 Å². The van der Waals surface area contributed by atoms with E-state index in [2.05, 4.69) is 20.6 Å². The van der Waals surface area contributed by atoms with Gasteiger partial charge >= 0.3 is 0 Å². The van der Waals surface area contributed by atoms with E-state index in [1.807, 2.05) is 74.4 Å². The number of anilines is 3. The Balaban J connectivity index is 1.64. The van der Waals surface area contributed by atoms with Crippen molar-refractivity contribution in [2.45, 2.75) is 13.5 Å². The number of hydrogen-bond donors (Lipinski definition) is 2. The quantitative estimate of drug-likeness (QED) is 0.703. The Morgan fingerprint density at radius 3 is 2.52 bits per heavy atom. The molecule has 0 aliphatic carbocycles. The molecule has 0 saturated heterocycles. The topological polar surface area (TPSA) is 70.2 Å². The Labute approximate surface area is 159 Å². The summed E-state index contributed by atoms with van der Waals surface area (Å²) in [5.74, 6) is 0.341. The largest absolute Gasteiger partial charge is 0.378 e. The number of nitrogens with one attached hydrogen (secondary N) is 2. The second-order valence-corrected chi connectivity index (χ2v) is 6.53. The van der Waals surface area contributed by atoms with Crippen LogP contribution in [0.15, 0.2) is 60.9 Å². The number of benzene rings is 2. The average molecular weight is 361 g/mol. The second kappa shape index (κ2) is 8.31. The van der Waals surface area contributed by atoms with Crippen molar-refractivity contribution >= 4 is 23.1 Å². The van der Waals surface area contributed by atoms with E-state index in [4.69, 9.17) is 0 Å². The van der Waals surface area contributed by atoms with Gasteiger partial charge in [0.25, 0.3) is 5.91 Å². The lowest BCUT2D eigenvalue weighted by Gasteiger charge is -2.13. The van der Waals surface area contributed by atoms with Gasteiger partial charge in [0.2, 0.25) is 0 Å². The fourth-order valence-electron chi connectivity index (χ4n) is 2.64. The zero-order chi connectivity index (χ0) is 19.2. The average Bonchev–Trinajstić information content (AvgIpc) is 2.67. The summed E-state index contributed by atoms with van der Waals surface area (Å²) in [6, 6.07) is 17.6. The van der Waals surface area contributed by atoms with Gasteiger partial charge in [-0.05, 0) is 36.8 Å². The van der Waals surface area contributed by atoms with Gasteiger partial charge in [0.05, 0.1) is 0 Å². The van der Waals surface area contributed by atoms with E-state index in [0.717, 1.165) is 22.5 Å². The molecule has 0 spiro atoms. The molecule has 6 nitrogen and oxygen atoms in total. The Morgan fingerprint density at radius 2 is 1.81 bits per heavy atom. The zero-order valence-corrected chi connectivity index (χ0v) is 15.7. The highest BCUT2D eigenvalue weighted by atomic mass is 16.1. The smallest absolute Gasteiger partial charge is 0.270 e. The third kappa shape index (κ3) is 5.04. The molecule has 0 unspecified atom stereocenters. The summed E-state index contributed by atoms with van der Waals surface area (Å²) in [6.45, 7) is 2.48. The first kappa shape index (κ1) is 18.4. The molecule has 1 heterocycles. The summed E-state index contributed by atoms with van der Waals surface area (Å²) in [6.07, 6.45) is 1.39. The SMILES string of the molecule is Cc1cccc(CNC(=O)c2cc(Nc3ccc(N(C)C)cc3)ncn2)c1. The van der Waals surface area contributed by atoms with E-state index < -0.39 is 0 Å². The Morgan fingerprint density at radius 1 is 1.04 bits per heavy atom. The van der Waals surface area contributed by atoms with Crippen LogP contribution in [0.3, 0.4) is 0 Å². The van der Waals surface area contributed by atoms with Crippen LogP contribution in [-0.4, -0.2) is 30.0 Å². The predicted molar refractivity (Wildman–Crippen MR) is 108 cm³/mol. The predicted octanol–water partition coefficient (Wildman–Crippen LogP) is 3.52. The van der Waals surface area contributed by atoms with Crippen molar-refractivity contribution in [3.63, 3.8) is 0 Å². The molecule has 1 amide bonds. The van der Waals surface area contributed by atoms with E-state index in [-0.39, 0.29) is 5.91 Å². The van der Waals surface area contributed by atoms with E-state index in [1.54, 1.807) is 6.07 Å². The van der Waals surface area contributed by atoms with Crippen molar-refractivity contribution in [1.29, 1.82) is 0 Å². The van der Waals surface area contributed by atoms with Crippen LogP contribution in [-0.2, 0) is 6.54 Å². The van der Waals surface area contributed by atoms with Crippen LogP contribution < -0.4 is 15.5 Å². The van der Waals surface area contributed by atoms with Gasteiger partial charge in [-0.1, -0.05) is 29.8 Å². The Hall–Kier alpha value is -3.41. The van der Waals surface area contributed by atoms with Gasteiger partial charge in [0.1, 0.15) is 17.8 Å². The van der Waals surface area contributed by atoms with E-state index >= 15 is 0 Å². The summed E-state index contributed by atoms with van der Waals surface area (Å²) in [5.41, 5.74) is 4.54. The fourth-order valence-corrected chi connectivity index (χ4v) is 2.64. The first-order valence-electron chi connectivity index (χ1n) is 8.71. The highest BCUT2D eigenvalue weighted by Crippen LogP contribution is 2.19. The fraction of sp³-hybridized carbons (Fsp3) is 0.190. The number of hydrogen-bond acceptors (Lipinski definition) is 5. The van der Waals surface area contributed by atoms with Gasteiger partial charge in [-0.15, -0.1) is 0 Å². The van der Waals surface area contributed by atoms with Crippen molar-refractivity contribution in [3.8, 4) is 0 Å². The maximum Gasteiger partial charge on any atom is 0.270 e. The van der Waals surface area contributed by atoms with Crippen molar-refractivity contribution in [3.05, 3.63) is 77.7 Å². The molecule has 0 radical (unpaired) electrons.